The van der Waals surface area contributed by atoms with E-state index in [1.165, 1.54) is 41.3 Å². The Bertz CT molecular complexity index is 570. The Hall–Kier alpha value is -1.81. The Morgan fingerprint density at radius 2 is 1.67 bits per heavy atom. The lowest BCUT2D eigenvalue weighted by molar-refractivity contribution is 0.626. The van der Waals surface area contributed by atoms with Gasteiger partial charge in [0, 0.05) is 12.7 Å². The van der Waals surface area contributed by atoms with E-state index in [0.29, 0.717) is 5.69 Å². The largest absolute Gasteiger partial charge is 0.397 e. The fourth-order valence-corrected chi connectivity index (χ4v) is 1.84. The van der Waals surface area contributed by atoms with E-state index in [0.717, 1.165) is 0 Å². The van der Waals surface area contributed by atoms with Crippen LogP contribution in [0.25, 0.3) is 0 Å². The van der Waals surface area contributed by atoms with Crippen molar-refractivity contribution in [3.8, 4) is 0 Å². The first-order chi connectivity index (χ1) is 8.50. The van der Waals surface area contributed by atoms with E-state index < -0.39 is 5.82 Å². The van der Waals surface area contributed by atoms with Gasteiger partial charge in [-0.3, -0.25) is 0 Å². The zero-order valence-corrected chi connectivity index (χ0v) is 10.4. The molecule has 0 aliphatic carbocycles. The maximum absolute atomic E-state index is 14.0. The Labute approximate surface area is 109 Å². The predicted octanol–water partition coefficient (Wildman–Crippen LogP) is 3.97. The van der Waals surface area contributed by atoms with Crippen molar-refractivity contribution in [1.82, 2.24) is 0 Å². The van der Waals surface area contributed by atoms with Gasteiger partial charge in [-0.25, -0.2) is 8.78 Å². The highest BCUT2D eigenvalue weighted by molar-refractivity contribution is 6.31. The van der Waals surface area contributed by atoms with Crippen LogP contribution in [0.15, 0.2) is 36.4 Å². The molecule has 94 valence electrons. The monoisotopic (exact) mass is 268 g/mol. The van der Waals surface area contributed by atoms with Gasteiger partial charge < -0.3 is 10.6 Å². The molecule has 0 atom stereocenters. The van der Waals surface area contributed by atoms with Gasteiger partial charge in [0.1, 0.15) is 11.5 Å². The molecule has 2 nitrogen and oxygen atoms in total. The van der Waals surface area contributed by atoms with Crippen LogP contribution >= 0.6 is 11.6 Å². The minimum Gasteiger partial charge on any atom is -0.397 e. The van der Waals surface area contributed by atoms with Crippen LogP contribution in [0.4, 0.5) is 25.8 Å². The second kappa shape index (κ2) is 4.82. The van der Waals surface area contributed by atoms with E-state index in [9.17, 15) is 8.78 Å². The highest BCUT2D eigenvalue weighted by atomic mass is 35.5. The predicted molar refractivity (Wildman–Crippen MR) is 70.3 cm³/mol. The van der Waals surface area contributed by atoms with Crippen molar-refractivity contribution < 1.29 is 8.78 Å². The molecule has 0 aromatic heterocycles. The van der Waals surface area contributed by atoms with Gasteiger partial charge in [-0.2, -0.15) is 0 Å². The van der Waals surface area contributed by atoms with Crippen molar-refractivity contribution in [3.05, 3.63) is 53.1 Å². The number of nitrogens with zero attached hydrogens (tertiary/aromatic N) is 1. The summed E-state index contributed by atoms with van der Waals surface area (Å²) in [4.78, 5) is 1.52. The van der Waals surface area contributed by atoms with Crippen molar-refractivity contribution in [2.75, 3.05) is 17.7 Å². The van der Waals surface area contributed by atoms with Crippen LogP contribution in [0.2, 0.25) is 5.02 Å². The number of rotatable bonds is 2. The van der Waals surface area contributed by atoms with Crippen LogP contribution in [0, 0.1) is 11.6 Å². The molecular formula is C13H11ClF2N2. The van der Waals surface area contributed by atoms with E-state index >= 15 is 0 Å². The molecule has 0 bridgehead atoms. The van der Waals surface area contributed by atoms with Crippen molar-refractivity contribution in [3.63, 3.8) is 0 Å². The number of anilines is 3. The van der Waals surface area contributed by atoms with Gasteiger partial charge in [0.15, 0.2) is 5.82 Å². The maximum atomic E-state index is 14.0. The molecule has 0 aliphatic heterocycles. The van der Waals surface area contributed by atoms with Crippen molar-refractivity contribution in [2.24, 2.45) is 0 Å². The van der Waals surface area contributed by atoms with Crippen LogP contribution in [0.5, 0.6) is 0 Å². The molecular weight excluding hydrogens is 258 g/mol. The van der Waals surface area contributed by atoms with Crippen LogP contribution in [0.3, 0.4) is 0 Å². The van der Waals surface area contributed by atoms with Gasteiger partial charge in [0.05, 0.1) is 10.7 Å². The summed E-state index contributed by atoms with van der Waals surface area (Å²) in [6.07, 6.45) is 0. The number of benzene rings is 2. The van der Waals surface area contributed by atoms with Gasteiger partial charge in [-0.15, -0.1) is 0 Å². The molecule has 0 amide bonds. The number of nitrogens with two attached hydrogens (primary N) is 1. The molecule has 2 N–H and O–H groups in total. The molecule has 5 heteroatoms. The quantitative estimate of drug-likeness (QED) is 0.835. The Morgan fingerprint density at radius 1 is 1.06 bits per heavy atom. The van der Waals surface area contributed by atoms with Gasteiger partial charge >= 0.3 is 0 Å². The van der Waals surface area contributed by atoms with Crippen LogP contribution in [-0.2, 0) is 0 Å². The number of nitrogen functional groups attached to an aromatic ring is 1. The van der Waals surface area contributed by atoms with Gasteiger partial charge in [-0.1, -0.05) is 11.6 Å². The molecule has 2 aromatic rings. The average Bonchev–Trinajstić information content (AvgIpc) is 2.35. The molecule has 18 heavy (non-hydrogen) atoms. The molecule has 0 spiro atoms. The van der Waals surface area contributed by atoms with Gasteiger partial charge in [0.25, 0.3) is 0 Å². The Kier molecular flexibility index (Phi) is 3.39. The average molecular weight is 269 g/mol. The summed E-state index contributed by atoms with van der Waals surface area (Å²) in [5.74, 6) is -0.949. The molecule has 0 saturated heterocycles. The van der Waals surface area contributed by atoms with E-state index in [2.05, 4.69) is 0 Å². The standard InChI is InChI=1S/C13H11ClF2N2/c1-18(9-4-2-8(15)3-5-9)13-11(17)7-6-10(14)12(13)16/h2-7H,17H2,1H3. The fraction of sp³-hybridized carbons (Fsp3) is 0.0769. The summed E-state index contributed by atoms with van der Waals surface area (Å²) < 4.78 is 26.8. The summed E-state index contributed by atoms with van der Waals surface area (Å²) in [7, 11) is 1.64. The SMILES string of the molecule is CN(c1ccc(F)cc1)c1c(N)ccc(Cl)c1F. The summed E-state index contributed by atoms with van der Waals surface area (Å²) in [5.41, 5.74) is 6.80. The highest BCUT2D eigenvalue weighted by Gasteiger charge is 2.16. The van der Waals surface area contributed by atoms with Crippen molar-refractivity contribution >= 4 is 28.7 Å². The molecule has 0 aliphatic rings. The van der Waals surface area contributed by atoms with Gasteiger partial charge in [0.2, 0.25) is 0 Å². The fourth-order valence-electron chi connectivity index (χ4n) is 1.69. The topological polar surface area (TPSA) is 29.3 Å². The third-order valence-electron chi connectivity index (χ3n) is 2.65. The maximum Gasteiger partial charge on any atom is 0.167 e. The van der Waals surface area contributed by atoms with E-state index in [4.69, 9.17) is 17.3 Å². The van der Waals surface area contributed by atoms with Crippen LogP contribution in [0.1, 0.15) is 0 Å². The Morgan fingerprint density at radius 3 is 2.28 bits per heavy atom. The molecule has 0 heterocycles. The zero-order chi connectivity index (χ0) is 13.3. The van der Waals surface area contributed by atoms with Crippen LogP contribution < -0.4 is 10.6 Å². The highest BCUT2D eigenvalue weighted by Crippen LogP contribution is 2.35. The molecule has 0 saturated carbocycles. The summed E-state index contributed by atoms with van der Waals surface area (Å²) in [5, 5.41) is -0.00633. The minimum absolute atomic E-state index is 0.00633. The summed E-state index contributed by atoms with van der Waals surface area (Å²) in [6, 6.07) is 8.59. The Balaban J connectivity index is 2.49. The first-order valence-corrected chi connectivity index (χ1v) is 5.61. The number of hydrogen-bond donors (Lipinski definition) is 1. The number of halogens is 3. The van der Waals surface area contributed by atoms with Crippen molar-refractivity contribution in [2.45, 2.75) is 0 Å². The number of hydrogen-bond acceptors (Lipinski definition) is 2. The normalized spacial score (nSPS) is 10.4. The third kappa shape index (κ3) is 2.24. The van der Waals surface area contributed by atoms with E-state index in [1.807, 2.05) is 0 Å². The zero-order valence-electron chi connectivity index (χ0n) is 9.62. The second-order valence-electron chi connectivity index (χ2n) is 3.83. The molecule has 0 radical (unpaired) electrons. The van der Waals surface area contributed by atoms with Gasteiger partial charge in [-0.05, 0) is 36.4 Å². The second-order valence-corrected chi connectivity index (χ2v) is 4.24. The molecule has 2 aromatic carbocycles. The minimum atomic E-state index is -0.594. The lowest BCUT2D eigenvalue weighted by Gasteiger charge is -2.22. The van der Waals surface area contributed by atoms with E-state index in [1.54, 1.807) is 7.05 Å². The van der Waals surface area contributed by atoms with Crippen LogP contribution in [-0.4, -0.2) is 7.05 Å². The molecule has 2 rings (SSSR count). The summed E-state index contributed by atoms with van der Waals surface area (Å²) >= 11 is 5.73. The lowest BCUT2D eigenvalue weighted by Crippen LogP contribution is -2.13. The smallest absolute Gasteiger partial charge is 0.167 e. The van der Waals surface area contributed by atoms with Crippen molar-refractivity contribution in [1.29, 1.82) is 0 Å². The first-order valence-electron chi connectivity index (χ1n) is 5.23. The van der Waals surface area contributed by atoms with E-state index in [-0.39, 0.29) is 22.2 Å². The lowest BCUT2D eigenvalue weighted by atomic mass is 10.2. The molecule has 0 fully saturated rings. The summed E-state index contributed by atoms with van der Waals surface area (Å²) in [6.45, 7) is 0. The third-order valence-corrected chi connectivity index (χ3v) is 2.94. The molecule has 0 unspecified atom stereocenters. The first kappa shape index (κ1) is 12.6.